The van der Waals surface area contributed by atoms with Gasteiger partial charge in [0.05, 0.1) is 10.2 Å². The molecule has 0 bridgehead atoms. The lowest BCUT2D eigenvalue weighted by atomic mass is 10.0. The van der Waals surface area contributed by atoms with E-state index in [1.165, 1.54) is 18.2 Å². The molecule has 1 N–H and O–H groups in total. The van der Waals surface area contributed by atoms with Crippen molar-refractivity contribution in [3.8, 4) is 5.75 Å². The number of carbonyl (C=O) groups is 3. The number of nitrogens with zero attached hydrogens (tertiary/aromatic N) is 1. The van der Waals surface area contributed by atoms with Crippen LogP contribution in [-0.4, -0.2) is 17.8 Å². The van der Waals surface area contributed by atoms with E-state index in [-0.39, 0.29) is 18.0 Å². The predicted octanol–water partition coefficient (Wildman–Crippen LogP) is 5.40. The summed E-state index contributed by atoms with van der Waals surface area (Å²) >= 11 is 3.43. The lowest BCUT2D eigenvalue weighted by Crippen LogP contribution is -2.54. The van der Waals surface area contributed by atoms with Crippen molar-refractivity contribution in [2.75, 3.05) is 4.90 Å². The summed E-state index contributed by atoms with van der Waals surface area (Å²) in [5.74, 6) is -1.29. The van der Waals surface area contributed by atoms with Gasteiger partial charge in [0, 0.05) is 0 Å². The van der Waals surface area contributed by atoms with Crippen molar-refractivity contribution in [1.29, 1.82) is 0 Å². The molecule has 0 atom stereocenters. The first-order valence-corrected chi connectivity index (χ1v) is 11.3. The molecular weight excluding hydrogens is 503 g/mol. The molecule has 0 unspecified atom stereocenters. The molecule has 34 heavy (non-hydrogen) atoms. The SMILES string of the molecule is CCc1ccccc1N1C(=O)NC(=O)C(=Cc2ccc(OCc3cccc(F)c3)c(Br)c2)C1=O. The van der Waals surface area contributed by atoms with Crippen LogP contribution in [0.4, 0.5) is 14.9 Å². The second kappa shape index (κ2) is 10.0. The van der Waals surface area contributed by atoms with E-state index in [0.717, 1.165) is 10.5 Å². The summed E-state index contributed by atoms with van der Waals surface area (Å²) in [6.07, 6.45) is 2.04. The van der Waals surface area contributed by atoms with Crippen molar-refractivity contribution in [2.24, 2.45) is 0 Å². The predicted molar refractivity (Wildman–Crippen MR) is 130 cm³/mol. The number of hydrogen-bond donors (Lipinski definition) is 1. The molecule has 0 radical (unpaired) electrons. The number of hydrogen-bond acceptors (Lipinski definition) is 4. The maximum Gasteiger partial charge on any atom is 0.335 e. The topological polar surface area (TPSA) is 75.7 Å². The Kier molecular flexibility index (Phi) is 6.88. The first-order valence-electron chi connectivity index (χ1n) is 10.5. The first kappa shape index (κ1) is 23.4. The average molecular weight is 523 g/mol. The second-order valence-corrected chi connectivity index (χ2v) is 8.40. The third-order valence-corrected chi connectivity index (χ3v) is 5.89. The van der Waals surface area contributed by atoms with Crippen molar-refractivity contribution in [2.45, 2.75) is 20.0 Å². The van der Waals surface area contributed by atoms with Gasteiger partial charge in [0.25, 0.3) is 11.8 Å². The number of carbonyl (C=O) groups excluding carboxylic acids is 3. The lowest BCUT2D eigenvalue weighted by molar-refractivity contribution is -0.122. The molecule has 1 saturated heterocycles. The number of barbiturate groups is 1. The van der Waals surface area contributed by atoms with E-state index in [4.69, 9.17) is 4.74 Å². The highest BCUT2D eigenvalue weighted by Gasteiger charge is 2.37. The molecule has 1 aliphatic heterocycles. The zero-order valence-corrected chi connectivity index (χ0v) is 19.8. The monoisotopic (exact) mass is 522 g/mol. The van der Waals surface area contributed by atoms with Gasteiger partial charge in [-0.1, -0.05) is 43.3 Å². The molecule has 3 aromatic rings. The molecule has 172 valence electrons. The molecule has 6 nitrogen and oxygen atoms in total. The Morgan fingerprint density at radius 1 is 1.03 bits per heavy atom. The molecule has 0 spiro atoms. The van der Waals surface area contributed by atoms with Crippen molar-refractivity contribution in [3.05, 3.63) is 99.3 Å². The summed E-state index contributed by atoms with van der Waals surface area (Å²) in [7, 11) is 0. The Morgan fingerprint density at radius 2 is 1.82 bits per heavy atom. The molecule has 1 heterocycles. The van der Waals surface area contributed by atoms with E-state index in [2.05, 4.69) is 21.2 Å². The minimum absolute atomic E-state index is 0.161. The zero-order chi connectivity index (χ0) is 24.2. The highest BCUT2D eigenvalue weighted by atomic mass is 79.9. The molecular formula is C26H20BrFN2O4. The third kappa shape index (κ3) is 4.92. The number of imide groups is 2. The van der Waals surface area contributed by atoms with Gasteiger partial charge in [-0.05, 0) is 75.4 Å². The van der Waals surface area contributed by atoms with Gasteiger partial charge in [-0.3, -0.25) is 14.9 Å². The Bertz CT molecular complexity index is 1320. The normalized spacial score (nSPS) is 15.0. The second-order valence-electron chi connectivity index (χ2n) is 7.55. The molecule has 0 saturated carbocycles. The highest BCUT2D eigenvalue weighted by Crippen LogP contribution is 2.29. The zero-order valence-electron chi connectivity index (χ0n) is 18.2. The van der Waals surface area contributed by atoms with Crippen LogP contribution in [0.1, 0.15) is 23.6 Å². The van der Waals surface area contributed by atoms with E-state index >= 15 is 0 Å². The van der Waals surface area contributed by atoms with Gasteiger partial charge in [0.15, 0.2) is 0 Å². The molecule has 8 heteroatoms. The minimum atomic E-state index is -0.782. The standard InChI is InChI=1S/C26H20BrFN2O4/c1-2-18-7-3-4-9-22(18)30-25(32)20(24(31)29-26(30)33)13-16-10-11-23(21(27)14-16)34-15-17-6-5-8-19(28)12-17/h3-14H,2,15H2,1H3,(H,29,31,33). The van der Waals surface area contributed by atoms with Gasteiger partial charge in [0.2, 0.25) is 0 Å². The highest BCUT2D eigenvalue weighted by molar-refractivity contribution is 9.10. The Balaban J connectivity index is 1.58. The molecule has 1 fully saturated rings. The molecule has 1 aliphatic rings. The fourth-order valence-electron chi connectivity index (χ4n) is 3.58. The number of aryl methyl sites for hydroxylation is 1. The largest absolute Gasteiger partial charge is 0.488 e. The van der Waals surface area contributed by atoms with Crippen LogP contribution in [0.5, 0.6) is 5.75 Å². The van der Waals surface area contributed by atoms with Crippen LogP contribution < -0.4 is 15.0 Å². The van der Waals surface area contributed by atoms with Crippen molar-refractivity contribution < 1.29 is 23.5 Å². The van der Waals surface area contributed by atoms with E-state index in [1.54, 1.807) is 42.5 Å². The number of urea groups is 1. The Hall–Kier alpha value is -3.78. The number of halogens is 2. The number of anilines is 1. The fourth-order valence-corrected chi connectivity index (χ4v) is 4.09. The molecule has 4 amide bonds. The van der Waals surface area contributed by atoms with Crippen molar-refractivity contribution in [1.82, 2.24) is 5.32 Å². The summed E-state index contributed by atoms with van der Waals surface area (Å²) in [4.78, 5) is 39.1. The third-order valence-electron chi connectivity index (χ3n) is 5.27. The summed E-state index contributed by atoms with van der Waals surface area (Å²) in [6.45, 7) is 2.09. The molecule has 0 aromatic heterocycles. The van der Waals surface area contributed by atoms with Gasteiger partial charge >= 0.3 is 6.03 Å². The fraction of sp³-hybridized carbons (Fsp3) is 0.115. The lowest BCUT2D eigenvalue weighted by Gasteiger charge is -2.28. The van der Waals surface area contributed by atoms with E-state index in [9.17, 15) is 18.8 Å². The summed E-state index contributed by atoms with van der Waals surface area (Å²) in [5, 5.41) is 2.24. The van der Waals surface area contributed by atoms with Gasteiger partial charge in [-0.15, -0.1) is 0 Å². The molecule has 0 aliphatic carbocycles. The number of nitrogens with one attached hydrogen (secondary N) is 1. The van der Waals surface area contributed by atoms with Crippen molar-refractivity contribution >= 4 is 45.5 Å². The number of benzene rings is 3. The Labute approximate surface area is 204 Å². The van der Waals surface area contributed by atoms with E-state index < -0.39 is 17.8 Å². The average Bonchev–Trinajstić information content (AvgIpc) is 2.81. The maximum atomic E-state index is 13.4. The quantitative estimate of drug-likeness (QED) is 0.347. The van der Waals surface area contributed by atoms with Crippen LogP contribution in [0.15, 0.2) is 76.8 Å². The minimum Gasteiger partial charge on any atom is -0.488 e. The summed E-state index contributed by atoms with van der Waals surface area (Å²) in [5.41, 5.74) is 2.32. The number of para-hydroxylation sites is 1. The summed E-state index contributed by atoms with van der Waals surface area (Å²) in [6, 6.07) is 17.4. The van der Waals surface area contributed by atoms with Gasteiger partial charge in [0.1, 0.15) is 23.7 Å². The number of rotatable bonds is 6. The number of ether oxygens (including phenoxy) is 1. The van der Waals surface area contributed by atoms with Crippen LogP contribution >= 0.6 is 15.9 Å². The van der Waals surface area contributed by atoms with Crippen LogP contribution in [0.3, 0.4) is 0 Å². The van der Waals surface area contributed by atoms with Gasteiger partial charge < -0.3 is 4.74 Å². The van der Waals surface area contributed by atoms with Gasteiger partial charge in [-0.25, -0.2) is 14.1 Å². The molecule has 3 aromatic carbocycles. The first-order chi connectivity index (χ1) is 16.4. The van der Waals surface area contributed by atoms with Crippen LogP contribution in [-0.2, 0) is 22.6 Å². The number of amides is 4. The molecule has 4 rings (SSSR count). The van der Waals surface area contributed by atoms with Gasteiger partial charge in [-0.2, -0.15) is 0 Å². The van der Waals surface area contributed by atoms with Crippen LogP contribution in [0.25, 0.3) is 6.08 Å². The smallest absolute Gasteiger partial charge is 0.335 e. The van der Waals surface area contributed by atoms with Crippen LogP contribution in [0, 0.1) is 5.82 Å². The summed E-state index contributed by atoms with van der Waals surface area (Å²) < 4.78 is 19.7. The Morgan fingerprint density at radius 3 is 2.56 bits per heavy atom. The van der Waals surface area contributed by atoms with Crippen molar-refractivity contribution in [3.63, 3.8) is 0 Å². The van der Waals surface area contributed by atoms with Crippen LogP contribution in [0.2, 0.25) is 0 Å². The maximum absolute atomic E-state index is 13.4. The van der Waals surface area contributed by atoms with E-state index in [1.807, 2.05) is 19.1 Å². The van der Waals surface area contributed by atoms with E-state index in [0.29, 0.717) is 33.5 Å².